The minimum Gasteiger partial charge on any atom is -0.487 e. The molecular formula is C26H32N4O4S. The number of hydrogen-bond donors (Lipinski definition) is 1. The lowest BCUT2D eigenvalue weighted by molar-refractivity contribution is 0.0734. The minimum atomic E-state index is -3.87. The zero-order chi connectivity index (χ0) is 25.0. The molecule has 0 unspecified atom stereocenters. The van der Waals surface area contributed by atoms with Gasteiger partial charge in [-0.15, -0.1) is 0 Å². The molecule has 9 heteroatoms. The third-order valence-electron chi connectivity index (χ3n) is 6.35. The van der Waals surface area contributed by atoms with E-state index in [1.807, 2.05) is 44.4 Å². The van der Waals surface area contributed by atoms with Gasteiger partial charge in [0, 0.05) is 56.4 Å². The fraction of sp³-hybridized carbons (Fsp3) is 0.385. The van der Waals surface area contributed by atoms with Crippen molar-refractivity contribution in [1.82, 2.24) is 19.2 Å². The molecule has 0 spiro atoms. The average Bonchev–Trinajstić information content (AvgIpc) is 2.86. The number of likely N-dealkylation sites (N-methyl/N-ethyl adjacent to an activating group) is 1. The van der Waals surface area contributed by atoms with E-state index in [4.69, 9.17) is 4.74 Å². The summed E-state index contributed by atoms with van der Waals surface area (Å²) in [6.45, 7) is 4.99. The van der Waals surface area contributed by atoms with Crippen molar-refractivity contribution in [2.45, 2.75) is 37.4 Å². The lowest BCUT2D eigenvalue weighted by Gasteiger charge is -2.37. The van der Waals surface area contributed by atoms with E-state index in [9.17, 15) is 13.5 Å². The van der Waals surface area contributed by atoms with Gasteiger partial charge in [0.1, 0.15) is 16.7 Å². The van der Waals surface area contributed by atoms with E-state index in [2.05, 4.69) is 14.9 Å². The largest absolute Gasteiger partial charge is 0.487 e. The molecule has 2 aromatic heterocycles. The lowest BCUT2D eigenvalue weighted by Crippen LogP contribution is -2.49. The standard InChI is InChI=1S/C26H32N4O4S/c1-19-15-30(20(2)18-31)35(32,33)26-7-6-23(22-8-11-27-12-9-22)13-24(26)34-25(19)17-29(3)16-21-5-4-10-28-14-21/h4-14,19-20,25,31H,15-18H2,1-3H3/t19-,20+,25-/m0/s1. The number of aromatic nitrogens is 2. The second kappa shape index (κ2) is 10.8. The maximum Gasteiger partial charge on any atom is 0.247 e. The fourth-order valence-electron chi connectivity index (χ4n) is 4.34. The van der Waals surface area contributed by atoms with E-state index >= 15 is 0 Å². The lowest BCUT2D eigenvalue weighted by atomic mass is 10.0. The molecule has 1 N–H and O–H groups in total. The van der Waals surface area contributed by atoms with Gasteiger partial charge < -0.3 is 9.84 Å². The molecule has 1 aliphatic rings. The molecule has 0 saturated heterocycles. The number of aliphatic hydroxyl groups excluding tert-OH is 1. The summed E-state index contributed by atoms with van der Waals surface area (Å²) in [5.41, 5.74) is 2.86. The quantitative estimate of drug-likeness (QED) is 0.537. The number of pyridine rings is 2. The first-order valence-corrected chi connectivity index (χ1v) is 13.1. The summed E-state index contributed by atoms with van der Waals surface area (Å²) in [5.74, 6) is 0.202. The van der Waals surface area contributed by atoms with Gasteiger partial charge in [-0.3, -0.25) is 14.9 Å². The zero-order valence-corrected chi connectivity index (χ0v) is 21.1. The SMILES string of the molecule is C[C@H](CO)N1C[C@H](C)[C@H](CN(C)Cc2cccnc2)Oc2cc(-c3ccncc3)ccc2S1(=O)=O. The minimum absolute atomic E-state index is 0.113. The summed E-state index contributed by atoms with van der Waals surface area (Å²) >= 11 is 0. The topological polar surface area (TPSA) is 95.9 Å². The van der Waals surface area contributed by atoms with E-state index in [1.54, 1.807) is 43.7 Å². The van der Waals surface area contributed by atoms with Crippen molar-refractivity contribution >= 4 is 10.0 Å². The van der Waals surface area contributed by atoms with Crippen molar-refractivity contribution in [1.29, 1.82) is 0 Å². The first-order valence-electron chi connectivity index (χ1n) is 11.7. The van der Waals surface area contributed by atoms with Gasteiger partial charge in [-0.1, -0.05) is 19.1 Å². The van der Waals surface area contributed by atoms with Gasteiger partial charge in [-0.25, -0.2) is 8.42 Å². The number of sulfonamides is 1. The maximum absolute atomic E-state index is 13.6. The molecule has 3 aromatic rings. The molecule has 3 heterocycles. The predicted octanol–water partition coefficient (Wildman–Crippen LogP) is 3.04. The smallest absolute Gasteiger partial charge is 0.247 e. The van der Waals surface area contributed by atoms with Crippen LogP contribution in [0.25, 0.3) is 11.1 Å². The van der Waals surface area contributed by atoms with Crippen molar-refractivity contribution < 1.29 is 18.3 Å². The third kappa shape index (κ3) is 5.70. The van der Waals surface area contributed by atoms with Crippen LogP contribution >= 0.6 is 0 Å². The van der Waals surface area contributed by atoms with Gasteiger partial charge in [0.2, 0.25) is 10.0 Å². The Morgan fingerprint density at radius 3 is 2.60 bits per heavy atom. The van der Waals surface area contributed by atoms with Gasteiger partial charge in [0.15, 0.2) is 0 Å². The van der Waals surface area contributed by atoms with E-state index in [0.29, 0.717) is 18.8 Å². The Balaban J connectivity index is 1.72. The van der Waals surface area contributed by atoms with Crippen LogP contribution < -0.4 is 4.74 Å². The molecule has 0 saturated carbocycles. The van der Waals surface area contributed by atoms with Gasteiger partial charge in [-0.05, 0) is 61.0 Å². The molecule has 1 aromatic carbocycles. The van der Waals surface area contributed by atoms with Crippen molar-refractivity contribution in [3.63, 3.8) is 0 Å². The van der Waals surface area contributed by atoms with Crippen LogP contribution in [0, 0.1) is 5.92 Å². The van der Waals surface area contributed by atoms with Crippen LogP contribution in [0.4, 0.5) is 0 Å². The van der Waals surface area contributed by atoms with Gasteiger partial charge in [-0.2, -0.15) is 4.31 Å². The maximum atomic E-state index is 13.6. The third-order valence-corrected chi connectivity index (χ3v) is 8.37. The molecule has 4 rings (SSSR count). The van der Waals surface area contributed by atoms with E-state index in [-0.39, 0.29) is 30.1 Å². The molecular weight excluding hydrogens is 464 g/mol. The number of ether oxygens (including phenoxy) is 1. The van der Waals surface area contributed by atoms with E-state index in [0.717, 1.165) is 16.7 Å². The summed E-state index contributed by atoms with van der Waals surface area (Å²) in [4.78, 5) is 10.5. The van der Waals surface area contributed by atoms with Gasteiger partial charge >= 0.3 is 0 Å². The summed E-state index contributed by atoms with van der Waals surface area (Å²) in [5, 5.41) is 9.83. The number of aliphatic hydroxyl groups is 1. The molecule has 0 amide bonds. The Morgan fingerprint density at radius 1 is 1.14 bits per heavy atom. The molecule has 0 bridgehead atoms. The van der Waals surface area contributed by atoms with Crippen molar-refractivity contribution in [3.8, 4) is 16.9 Å². The van der Waals surface area contributed by atoms with Crippen molar-refractivity contribution in [2.24, 2.45) is 5.92 Å². The summed E-state index contributed by atoms with van der Waals surface area (Å²) in [6.07, 6.45) is 6.72. The molecule has 0 radical (unpaired) electrons. The van der Waals surface area contributed by atoms with Crippen LogP contribution in [0.3, 0.4) is 0 Å². The molecule has 0 aliphatic carbocycles. The van der Waals surface area contributed by atoms with Crippen LogP contribution in [0.5, 0.6) is 5.75 Å². The highest BCUT2D eigenvalue weighted by Gasteiger charge is 2.38. The molecule has 186 valence electrons. The van der Waals surface area contributed by atoms with Crippen LogP contribution in [0.15, 0.2) is 72.1 Å². The Morgan fingerprint density at radius 2 is 1.91 bits per heavy atom. The van der Waals surface area contributed by atoms with Crippen LogP contribution in [0.2, 0.25) is 0 Å². The Bertz CT molecular complexity index is 1220. The molecule has 3 atom stereocenters. The molecule has 0 fully saturated rings. The highest BCUT2D eigenvalue weighted by molar-refractivity contribution is 7.89. The molecule has 1 aliphatic heterocycles. The molecule has 8 nitrogen and oxygen atoms in total. The number of benzene rings is 1. The van der Waals surface area contributed by atoms with Crippen LogP contribution in [-0.4, -0.2) is 71.6 Å². The highest BCUT2D eigenvalue weighted by atomic mass is 32.2. The summed E-state index contributed by atoms with van der Waals surface area (Å²) in [7, 11) is -1.86. The van der Waals surface area contributed by atoms with E-state index < -0.39 is 16.1 Å². The second-order valence-electron chi connectivity index (χ2n) is 9.20. The number of nitrogens with zero attached hydrogens (tertiary/aromatic N) is 4. The molecule has 35 heavy (non-hydrogen) atoms. The Hall–Kier alpha value is -2.85. The number of fused-ring (bicyclic) bond motifs is 1. The van der Waals surface area contributed by atoms with Crippen LogP contribution in [-0.2, 0) is 16.6 Å². The fourth-order valence-corrected chi connectivity index (χ4v) is 6.17. The predicted molar refractivity (Wildman–Crippen MR) is 134 cm³/mol. The summed E-state index contributed by atoms with van der Waals surface area (Å²) < 4.78 is 35.2. The van der Waals surface area contributed by atoms with Crippen molar-refractivity contribution in [3.05, 3.63) is 72.8 Å². The highest BCUT2D eigenvalue weighted by Crippen LogP contribution is 2.36. The normalized spacial score (nSPS) is 20.9. The first kappa shape index (κ1) is 25.2. The number of hydrogen-bond acceptors (Lipinski definition) is 7. The van der Waals surface area contributed by atoms with Crippen LogP contribution in [0.1, 0.15) is 19.4 Å². The van der Waals surface area contributed by atoms with Crippen molar-refractivity contribution in [2.75, 3.05) is 26.7 Å². The Labute approximate surface area is 207 Å². The monoisotopic (exact) mass is 496 g/mol. The number of rotatable bonds is 7. The zero-order valence-electron chi connectivity index (χ0n) is 20.3. The second-order valence-corrected chi connectivity index (χ2v) is 11.1. The van der Waals surface area contributed by atoms with Gasteiger partial charge in [0.25, 0.3) is 0 Å². The first-order chi connectivity index (χ1) is 16.8. The van der Waals surface area contributed by atoms with E-state index in [1.165, 1.54) is 4.31 Å². The average molecular weight is 497 g/mol. The summed E-state index contributed by atoms with van der Waals surface area (Å²) in [6, 6.07) is 12.3. The van der Waals surface area contributed by atoms with Gasteiger partial charge in [0.05, 0.1) is 6.61 Å². The Kier molecular flexibility index (Phi) is 7.81.